The van der Waals surface area contributed by atoms with Gasteiger partial charge in [-0.15, -0.1) is 11.3 Å². The van der Waals surface area contributed by atoms with Crippen LogP contribution in [-0.4, -0.2) is 11.0 Å². The highest BCUT2D eigenvalue weighted by atomic mass is 32.1. The van der Waals surface area contributed by atoms with Crippen molar-refractivity contribution in [1.82, 2.24) is 10.9 Å². The number of hydrogen-bond acceptors (Lipinski definition) is 3. The van der Waals surface area contributed by atoms with E-state index in [2.05, 4.69) is 36.1 Å². The van der Waals surface area contributed by atoms with E-state index in [4.69, 9.17) is 12.2 Å². The van der Waals surface area contributed by atoms with Crippen LogP contribution in [0.5, 0.6) is 0 Å². The lowest BCUT2D eigenvalue weighted by atomic mass is 10.1. The Balaban J connectivity index is 1.97. The van der Waals surface area contributed by atoms with E-state index in [1.807, 2.05) is 32.0 Å². The summed E-state index contributed by atoms with van der Waals surface area (Å²) >= 11 is 6.79. The highest BCUT2D eigenvalue weighted by Crippen LogP contribution is 2.22. The van der Waals surface area contributed by atoms with Gasteiger partial charge in [-0.2, -0.15) is 0 Å². The lowest BCUT2D eigenvalue weighted by molar-refractivity contribution is 0.0948. The number of thiophene rings is 1. The second-order valence-corrected chi connectivity index (χ2v) is 7.21. The van der Waals surface area contributed by atoms with E-state index < -0.39 is 0 Å². The number of amides is 1. The number of anilines is 1. The SMILES string of the molecule is CCc1cc(C(=O)NNC(=S)Nc2c(C)cccc2CC)sc1C. The maximum atomic E-state index is 12.2. The topological polar surface area (TPSA) is 53.2 Å². The highest BCUT2D eigenvalue weighted by molar-refractivity contribution is 7.80. The average Bonchev–Trinajstić information content (AvgIpc) is 2.95. The van der Waals surface area contributed by atoms with Gasteiger partial charge in [0.2, 0.25) is 0 Å². The molecule has 0 unspecified atom stereocenters. The molecule has 0 aliphatic rings. The number of aryl methyl sites for hydroxylation is 4. The molecule has 0 atom stereocenters. The molecule has 0 spiro atoms. The van der Waals surface area contributed by atoms with E-state index in [0.717, 1.165) is 24.1 Å². The van der Waals surface area contributed by atoms with Gasteiger partial charge in [0, 0.05) is 10.6 Å². The molecule has 0 radical (unpaired) electrons. The Bertz CT molecular complexity index is 753. The van der Waals surface area contributed by atoms with E-state index in [1.54, 1.807) is 0 Å². The van der Waals surface area contributed by atoms with Crippen LogP contribution in [0, 0.1) is 13.8 Å². The van der Waals surface area contributed by atoms with Gasteiger partial charge in [-0.25, -0.2) is 0 Å². The van der Waals surface area contributed by atoms with Crippen LogP contribution in [0.2, 0.25) is 0 Å². The third-order valence-corrected chi connectivity index (χ3v) is 5.19. The summed E-state index contributed by atoms with van der Waals surface area (Å²) in [7, 11) is 0. The van der Waals surface area contributed by atoms with Crippen LogP contribution in [0.15, 0.2) is 24.3 Å². The number of thiocarbonyl (C=S) groups is 1. The molecule has 6 heteroatoms. The summed E-state index contributed by atoms with van der Waals surface area (Å²) in [4.78, 5) is 14.1. The van der Waals surface area contributed by atoms with Gasteiger partial charge >= 0.3 is 0 Å². The first-order valence-electron chi connectivity index (χ1n) is 8.01. The lowest BCUT2D eigenvalue weighted by Gasteiger charge is -2.16. The first-order chi connectivity index (χ1) is 11.5. The second-order valence-electron chi connectivity index (χ2n) is 5.54. The van der Waals surface area contributed by atoms with Gasteiger partial charge in [0.05, 0.1) is 4.88 Å². The second kappa shape index (κ2) is 8.26. The number of nitrogens with one attached hydrogen (secondary N) is 3. The quantitative estimate of drug-likeness (QED) is 0.566. The molecule has 1 heterocycles. The van der Waals surface area contributed by atoms with E-state index >= 15 is 0 Å². The van der Waals surface area contributed by atoms with E-state index in [0.29, 0.717) is 9.99 Å². The van der Waals surface area contributed by atoms with Crippen LogP contribution in [0.3, 0.4) is 0 Å². The number of hydrogen-bond donors (Lipinski definition) is 3. The summed E-state index contributed by atoms with van der Waals surface area (Å²) in [6.07, 6.45) is 1.84. The molecule has 0 fully saturated rings. The average molecular weight is 362 g/mol. The Hall–Kier alpha value is -1.92. The Labute approximate surface area is 152 Å². The molecule has 0 saturated heterocycles. The van der Waals surface area contributed by atoms with Crippen molar-refractivity contribution < 1.29 is 4.79 Å². The number of para-hydroxylation sites is 1. The van der Waals surface area contributed by atoms with Crippen molar-refractivity contribution in [3.8, 4) is 0 Å². The predicted octanol–water partition coefficient (Wildman–Crippen LogP) is 4.12. The molecule has 0 saturated carbocycles. The number of benzene rings is 1. The van der Waals surface area contributed by atoms with Crippen molar-refractivity contribution >= 4 is 40.3 Å². The molecule has 1 amide bonds. The first-order valence-corrected chi connectivity index (χ1v) is 9.23. The molecule has 128 valence electrons. The van der Waals surface area contributed by atoms with Gasteiger partial charge in [-0.05, 0) is 61.7 Å². The summed E-state index contributed by atoms with van der Waals surface area (Å²) in [5.41, 5.74) is 9.94. The minimum atomic E-state index is -0.174. The molecule has 24 heavy (non-hydrogen) atoms. The van der Waals surface area contributed by atoms with Crippen molar-refractivity contribution in [2.75, 3.05) is 5.32 Å². The highest BCUT2D eigenvalue weighted by Gasteiger charge is 2.12. The van der Waals surface area contributed by atoms with Crippen molar-refractivity contribution in [3.05, 3.63) is 50.7 Å². The zero-order valence-electron chi connectivity index (χ0n) is 14.4. The van der Waals surface area contributed by atoms with Gasteiger partial charge in [0.1, 0.15) is 0 Å². The smallest absolute Gasteiger partial charge is 0.279 e. The molecule has 2 rings (SSSR count). The molecule has 1 aromatic carbocycles. The van der Waals surface area contributed by atoms with Crippen LogP contribution >= 0.6 is 23.6 Å². The zero-order valence-corrected chi connectivity index (χ0v) is 16.1. The summed E-state index contributed by atoms with van der Waals surface area (Å²) < 4.78 is 0. The van der Waals surface area contributed by atoms with Crippen molar-refractivity contribution in [2.45, 2.75) is 40.5 Å². The van der Waals surface area contributed by atoms with Gasteiger partial charge in [-0.3, -0.25) is 15.6 Å². The number of rotatable bonds is 4. The molecule has 2 aromatic rings. The van der Waals surface area contributed by atoms with Crippen LogP contribution in [0.25, 0.3) is 0 Å². The number of carbonyl (C=O) groups excluding carboxylic acids is 1. The summed E-state index contributed by atoms with van der Waals surface area (Å²) in [6.45, 7) is 8.25. The van der Waals surface area contributed by atoms with Crippen LogP contribution in [-0.2, 0) is 12.8 Å². The van der Waals surface area contributed by atoms with E-state index in [1.165, 1.54) is 27.3 Å². The van der Waals surface area contributed by atoms with Crippen molar-refractivity contribution in [1.29, 1.82) is 0 Å². The van der Waals surface area contributed by atoms with Gasteiger partial charge in [0.25, 0.3) is 5.91 Å². The largest absolute Gasteiger partial charge is 0.331 e. The third-order valence-electron chi connectivity index (χ3n) is 3.89. The minimum absolute atomic E-state index is 0.174. The summed E-state index contributed by atoms with van der Waals surface area (Å²) in [5, 5.41) is 3.54. The molecule has 1 aromatic heterocycles. The third kappa shape index (κ3) is 4.33. The van der Waals surface area contributed by atoms with Gasteiger partial charge in [0.15, 0.2) is 5.11 Å². The molecule has 0 aliphatic heterocycles. The Morgan fingerprint density at radius 2 is 1.83 bits per heavy atom. The maximum absolute atomic E-state index is 12.2. The van der Waals surface area contributed by atoms with Crippen molar-refractivity contribution in [3.63, 3.8) is 0 Å². The van der Waals surface area contributed by atoms with E-state index in [9.17, 15) is 4.79 Å². The zero-order chi connectivity index (χ0) is 17.7. The summed E-state index contributed by atoms with van der Waals surface area (Å²) in [5.74, 6) is -0.174. The predicted molar refractivity (Wildman–Crippen MR) is 106 cm³/mol. The van der Waals surface area contributed by atoms with Gasteiger partial charge in [-0.1, -0.05) is 32.0 Å². The van der Waals surface area contributed by atoms with Gasteiger partial charge < -0.3 is 5.32 Å². The fraction of sp³-hybridized carbons (Fsp3) is 0.333. The molecular weight excluding hydrogens is 338 g/mol. The molecule has 3 N–H and O–H groups in total. The normalized spacial score (nSPS) is 10.3. The first kappa shape index (κ1) is 18.4. The maximum Gasteiger partial charge on any atom is 0.279 e. The van der Waals surface area contributed by atoms with Crippen LogP contribution < -0.4 is 16.2 Å². The van der Waals surface area contributed by atoms with Crippen LogP contribution in [0.1, 0.15) is 45.1 Å². The summed E-state index contributed by atoms with van der Waals surface area (Å²) in [6, 6.07) is 8.06. The standard InChI is InChI=1S/C18H23N3OS2/c1-5-13-9-7-8-11(3)16(13)19-18(23)21-20-17(22)15-10-14(6-2)12(4)24-15/h7-10H,5-6H2,1-4H3,(H,20,22)(H2,19,21,23). The molecule has 0 bridgehead atoms. The number of hydrazine groups is 1. The monoisotopic (exact) mass is 361 g/mol. The lowest BCUT2D eigenvalue weighted by Crippen LogP contribution is -2.43. The Kier molecular flexibility index (Phi) is 6.34. The number of carbonyl (C=O) groups is 1. The fourth-order valence-electron chi connectivity index (χ4n) is 2.50. The van der Waals surface area contributed by atoms with Crippen molar-refractivity contribution in [2.24, 2.45) is 0 Å². The molecular formula is C18H23N3OS2. The van der Waals surface area contributed by atoms with Crippen LogP contribution in [0.4, 0.5) is 5.69 Å². The minimum Gasteiger partial charge on any atom is -0.331 e. The Morgan fingerprint density at radius 3 is 2.46 bits per heavy atom. The van der Waals surface area contributed by atoms with E-state index in [-0.39, 0.29) is 5.91 Å². The molecule has 0 aliphatic carbocycles. The Morgan fingerprint density at radius 1 is 1.12 bits per heavy atom. The molecule has 4 nitrogen and oxygen atoms in total. The fourth-order valence-corrected chi connectivity index (χ4v) is 3.67.